The molecule has 3 aromatic rings. The molecule has 0 amide bonds. The van der Waals surface area contributed by atoms with Crippen molar-refractivity contribution < 1.29 is 4.74 Å². The molecule has 0 bridgehead atoms. The van der Waals surface area contributed by atoms with Crippen molar-refractivity contribution in [2.24, 2.45) is 0 Å². The molecular formula is C14H15N3OS. The zero-order valence-corrected chi connectivity index (χ0v) is 11.7. The van der Waals surface area contributed by atoms with Gasteiger partial charge in [0, 0.05) is 6.07 Å². The van der Waals surface area contributed by atoms with E-state index in [0.29, 0.717) is 5.95 Å². The molecule has 0 radical (unpaired) electrons. The van der Waals surface area contributed by atoms with Crippen molar-refractivity contribution in [3.63, 3.8) is 0 Å². The number of nitrogen functional groups attached to an aromatic ring is 1. The molecule has 2 aromatic heterocycles. The lowest BCUT2D eigenvalue weighted by atomic mass is 10.2. The summed E-state index contributed by atoms with van der Waals surface area (Å²) in [6, 6.07) is 5.80. The second-order valence-corrected chi connectivity index (χ2v) is 5.23. The topological polar surface area (TPSA) is 53.1 Å². The van der Waals surface area contributed by atoms with Gasteiger partial charge in [-0.1, -0.05) is 0 Å². The van der Waals surface area contributed by atoms with E-state index in [1.54, 1.807) is 18.4 Å². The maximum atomic E-state index is 6.03. The summed E-state index contributed by atoms with van der Waals surface area (Å²) in [5, 5.41) is 4.30. The summed E-state index contributed by atoms with van der Waals surface area (Å²) >= 11 is 1.71. The molecule has 0 saturated carbocycles. The molecule has 0 spiro atoms. The number of nitrogens with zero attached hydrogens (tertiary/aromatic N) is 2. The Bertz CT molecular complexity index is 729. The second kappa shape index (κ2) is 4.59. The number of fused-ring (bicyclic) bond motifs is 1. The number of aromatic nitrogens is 2. The van der Waals surface area contributed by atoms with Gasteiger partial charge in [-0.2, -0.15) is 11.3 Å². The molecule has 0 aliphatic heterocycles. The van der Waals surface area contributed by atoms with Gasteiger partial charge in [-0.15, -0.1) is 0 Å². The number of imidazole rings is 1. The van der Waals surface area contributed by atoms with Crippen LogP contribution in [0.5, 0.6) is 5.75 Å². The van der Waals surface area contributed by atoms with Crippen LogP contribution in [-0.4, -0.2) is 16.7 Å². The van der Waals surface area contributed by atoms with Crippen LogP contribution in [0, 0.1) is 6.92 Å². The van der Waals surface area contributed by atoms with Gasteiger partial charge < -0.3 is 15.0 Å². The highest BCUT2D eigenvalue weighted by Gasteiger charge is 2.11. The van der Waals surface area contributed by atoms with Gasteiger partial charge in [0.1, 0.15) is 5.75 Å². The quantitative estimate of drug-likeness (QED) is 0.798. The fourth-order valence-electron chi connectivity index (χ4n) is 2.13. The maximum absolute atomic E-state index is 6.03. The van der Waals surface area contributed by atoms with Gasteiger partial charge in [-0.25, -0.2) is 4.98 Å². The molecule has 4 nitrogen and oxygen atoms in total. The molecule has 3 rings (SSSR count). The number of nitrogens with two attached hydrogens (primary N) is 1. The number of methoxy groups -OCH3 is 1. The van der Waals surface area contributed by atoms with Crippen molar-refractivity contribution in [1.82, 2.24) is 9.55 Å². The molecule has 2 N–H and O–H groups in total. The molecule has 0 atom stereocenters. The van der Waals surface area contributed by atoms with Crippen LogP contribution in [-0.2, 0) is 6.54 Å². The van der Waals surface area contributed by atoms with E-state index in [9.17, 15) is 0 Å². The van der Waals surface area contributed by atoms with Crippen LogP contribution in [0.1, 0.15) is 11.1 Å². The number of aryl methyl sites for hydroxylation is 1. The number of rotatable bonds is 3. The van der Waals surface area contributed by atoms with Crippen molar-refractivity contribution in [2.75, 3.05) is 12.8 Å². The van der Waals surface area contributed by atoms with Crippen molar-refractivity contribution >= 4 is 28.3 Å². The summed E-state index contributed by atoms with van der Waals surface area (Å²) in [5.41, 5.74) is 10.5. The number of ether oxygens (including phenoxy) is 1. The van der Waals surface area contributed by atoms with Gasteiger partial charge in [-0.05, 0) is 40.9 Å². The summed E-state index contributed by atoms with van der Waals surface area (Å²) in [7, 11) is 1.66. The zero-order valence-electron chi connectivity index (χ0n) is 10.9. The predicted octanol–water partition coefficient (Wildman–Crippen LogP) is 3.05. The Morgan fingerprint density at radius 1 is 1.37 bits per heavy atom. The third kappa shape index (κ3) is 2.06. The first kappa shape index (κ1) is 12.0. The Balaban J connectivity index is 2.11. The van der Waals surface area contributed by atoms with E-state index in [2.05, 4.69) is 22.7 Å². The Kier molecular flexibility index (Phi) is 2.91. The molecule has 2 heterocycles. The lowest BCUT2D eigenvalue weighted by Gasteiger charge is -2.07. The number of hydrogen-bond donors (Lipinski definition) is 1. The van der Waals surface area contributed by atoms with Crippen molar-refractivity contribution in [3.8, 4) is 5.75 Å². The molecular weight excluding hydrogens is 258 g/mol. The number of benzene rings is 1. The Hall–Kier alpha value is -2.01. The fraction of sp³-hybridized carbons (Fsp3) is 0.214. The summed E-state index contributed by atoms with van der Waals surface area (Å²) in [5.74, 6) is 1.35. The van der Waals surface area contributed by atoms with Crippen LogP contribution < -0.4 is 10.5 Å². The predicted molar refractivity (Wildman–Crippen MR) is 78.9 cm³/mol. The van der Waals surface area contributed by atoms with E-state index in [-0.39, 0.29) is 0 Å². The minimum Gasteiger partial charge on any atom is -0.497 e. The summed E-state index contributed by atoms with van der Waals surface area (Å²) in [6.45, 7) is 2.85. The van der Waals surface area contributed by atoms with Crippen molar-refractivity contribution in [3.05, 3.63) is 40.1 Å². The van der Waals surface area contributed by atoms with E-state index in [4.69, 9.17) is 10.5 Å². The zero-order chi connectivity index (χ0) is 13.4. The van der Waals surface area contributed by atoms with E-state index in [1.165, 1.54) is 11.1 Å². The van der Waals surface area contributed by atoms with Crippen LogP contribution in [0.3, 0.4) is 0 Å². The molecule has 0 saturated heterocycles. The summed E-state index contributed by atoms with van der Waals surface area (Å²) in [6.07, 6.45) is 0. The molecule has 98 valence electrons. The first-order chi connectivity index (χ1) is 9.19. The fourth-order valence-corrected chi connectivity index (χ4v) is 2.98. The number of anilines is 1. The average molecular weight is 273 g/mol. The van der Waals surface area contributed by atoms with Crippen LogP contribution in [0.2, 0.25) is 0 Å². The van der Waals surface area contributed by atoms with E-state index in [1.807, 2.05) is 22.8 Å². The maximum Gasteiger partial charge on any atom is 0.201 e. The highest BCUT2D eigenvalue weighted by atomic mass is 32.1. The first-order valence-electron chi connectivity index (χ1n) is 6.00. The largest absolute Gasteiger partial charge is 0.497 e. The molecule has 0 aliphatic rings. The van der Waals surface area contributed by atoms with Crippen LogP contribution in [0.25, 0.3) is 11.0 Å². The second-order valence-electron chi connectivity index (χ2n) is 4.49. The normalized spacial score (nSPS) is 11.1. The van der Waals surface area contributed by atoms with Crippen LogP contribution in [0.15, 0.2) is 29.0 Å². The van der Waals surface area contributed by atoms with Gasteiger partial charge in [0.15, 0.2) is 0 Å². The van der Waals surface area contributed by atoms with Crippen molar-refractivity contribution in [2.45, 2.75) is 13.5 Å². The lowest BCUT2D eigenvalue weighted by molar-refractivity contribution is 0.415. The monoisotopic (exact) mass is 273 g/mol. The summed E-state index contributed by atoms with van der Waals surface area (Å²) in [4.78, 5) is 4.39. The Morgan fingerprint density at radius 2 is 2.21 bits per heavy atom. The van der Waals surface area contributed by atoms with E-state index < -0.39 is 0 Å². The highest BCUT2D eigenvalue weighted by molar-refractivity contribution is 7.08. The molecule has 19 heavy (non-hydrogen) atoms. The van der Waals surface area contributed by atoms with Crippen molar-refractivity contribution in [1.29, 1.82) is 0 Å². The lowest BCUT2D eigenvalue weighted by Crippen LogP contribution is -2.04. The molecule has 0 aliphatic carbocycles. The minimum atomic E-state index is 0.536. The van der Waals surface area contributed by atoms with Gasteiger partial charge >= 0.3 is 0 Å². The number of hydrogen-bond acceptors (Lipinski definition) is 4. The van der Waals surface area contributed by atoms with Crippen LogP contribution in [0.4, 0.5) is 5.95 Å². The highest BCUT2D eigenvalue weighted by Crippen LogP contribution is 2.25. The van der Waals surface area contributed by atoms with Gasteiger partial charge in [0.05, 0.1) is 24.7 Å². The molecule has 1 aromatic carbocycles. The standard InChI is InChI=1S/C14H15N3OS/c1-9-7-19-8-10(9)6-17-13-5-11(18-2)3-4-12(13)16-14(17)15/h3-5,7-8H,6H2,1-2H3,(H2,15,16). The third-order valence-electron chi connectivity index (χ3n) is 3.28. The van der Waals surface area contributed by atoms with Crippen LogP contribution >= 0.6 is 11.3 Å². The smallest absolute Gasteiger partial charge is 0.201 e. The van der Waals surface area contributed by atoms with E-state index in [0.717, 1.165) is 23.3 Å². The summed E-state index contributed by atoms with van der Waals surface area (Å²) < 4.78 is 7.29. The third-order valence-corrected chi connectivity index (χ3v) is 4.19. The van der Waals surface area contributed by atoms with Gasteiger partial charge in [0.2, 0.25) is 5.95 Å². The van der Waals surface area contributed by atoms with Gasteiger partial charge in [-0.3, -0.25) is 0 Å². The first-order valence-corrected chi connectivity index (χ1v) is 6.94. The SMILES string of the molecule is COc1ccc2nc(N)n(Cc3cscc3C)c2c1. The minimum absolute atomic E-state index is 0.536. The molecule has 5 heteroatoms. The van der Waals surface area contributed by atoms with E-state index >= 15 is 0 Å². The molecule has 0 unspecified atom stereocenters. The Labute approximate surface area is 115 Å². The van der Waals surface area contributed by atoms with Gasteiger partial charge in [0.25, 0.3) is 0 Å². The number of thiophene rings is 1. The average Bonchev–Trinajstić information content (AvgIpc) is 2.94. The molecule has 0 fully saturated rings. The Morgan fingerprint density at radius 3 is 2.89 bits per heavy atom.